The Kier molecular flexibility index (Phi) is 4.98. The van der Waals surface area contributed by atoms with E-state index in [1.54, 1.807) is 12.4 Å². The highest BCUT2D eigenvalue weighted by Gasteiger charge is 2.13. The van der Waals surface area contributed by atoms with Gasteiger partial charge in [-0.3, -0.25) is 4.79 Å². The minimum atomic E-state index is -0.144. The van der Waals surface area contributed by atoms with E-state index >= 15 is 0 Å². The number of aromatic nitrogens is 2. The smallest absolute Gasteiger partial charge is 0.251 e. The van der Waals surface area contributed by atoms with Gasteiger partial charge in [-0.15, -0.1) is 0 Å². The molecule has 0 radical (unpaired) electrons. The van der Waals surface area contributed by atoms with E-state index in [9.17, 15) is 4.79 Å². The molecule has 1 heterocycles. The molecule has 1 aromatic heterocycles. The zero-order chi connectivity index (χ0) is 15.2. The molecule has 1 aromatic carbocycles. The van der Waals surface area contributed by atoms with E-state index in [1.165, 1.54) is 0 Å². The van der Waals surface area contributed by atoms with Crippen LogP contribution >= 0.6 is 0 Å². The Balaban J connectivity index is 2.03. The average molecular weight is 286 g/mol. The second-order valence-corrected chi connectivity index (χ2v) is 4.89. The third-order valence-electron chi connectivity index (χ3n) is 3.54. The molecule has 2 aromatic rings. The highest BCUT2D eigenvalue weighted by molar-refractivity contribution is 5.94. The third kappa shape index (κ3) is 3.62. The summed E-state index contributed by atoms with van der Waals surface area (Å²) >= 11 is 0. The summed E-state index contributed by atoms with van der Waals surface area (Å²) in [5.41, 5.74) is 1.79. The van der Waals surface area contributed by atoms with Crippen LogP contribution in [0.25, 0.3) is 0 Å². The van der Waals surface area contributed by atoms with Crippen LogP contribution in [0, 0.1) is 0 Å². The molecular weight excluding hydrogens is 264 g/mol. The lowest BCUT2D eigenvalue weighted by molar-refractivity contribution is 0.0938. The maximum Gasteiger partial charge on any atom is 0.251 e. The number of nitrogens with zero attached hydrogens (tertiary/aromatic N) is 2. The van der Waals surface area contributed by atoms with Gasteiger partial charge in [-0.05, 0) is 45.0 Å². The lowest BCUT2D eigenvalue weighted by Crippen LogP contribution is -2.27. The van der Waals surface area contributed by atoms with E-state index in [0.717, 1.165) is 24.6 Å². The van der Waals surface area contributed by atoms with Gasteiger partial charge in [0.05, 0.1) is 6.04 Å². The van der Waals surface area contributed by atoms with Gasteiger partial charge in [0, 0.05) is 36.7 Å². The molecule has 1 amide bonds. The first-order valence-electron chi connectivity index (χ1n) is 7.30. The van der Waals surface area contributed by atoms with E-state index in [0.29, 0.717) is 5.56 Å². The van der Waals surface area contributed by atoms with Crippen LogP contribution in [-0.2, 0) is 0 Å². The number of hydrogen-bond acceptors (Lipinski definition) is 3. The van der Waals surface area contributed by atoms with Crippen LogP contribution in [0.4, 0.5) is 5.69 Å². The number of amides is 1. The molecule has 0 fully saturated rings. The predicted molar refractivity (Wildman–Crippen MR) is 84.5 cm³/mol. The van der Waals surface area contributed by atoms with Crippen molar-refractivity contribution in [1.29, 1.82) is 0 Å². The van der Waals surface area contributed by atoms with Crippen LogP contribution in [0.2, 0.25) is 0 Å². The molecular formula is C16H22N4O. The van der Waals surface area contributed by atoms with Crippen molar-refractivity contribution < 1.29 is 4.79 Å². The van der Waals surface area contributed by atoms with Crippen LogP contribution in [-0.4, -0.2) is 29.0 Å². The first kappa shape index (κ1) is 15.1. The number of nitrogens with one attached hydrogen (secondary N) is 2. The molecule has 0 aliphatic carbocycles. The number of aromatic amines is 1. The molecule has 2 rings (SSSR count). The molecule has 21 heavy (non-hydrogen) atoms. The highest BCUT2D eigenvalue weighted by atomic mass is 16.1. The van der Waals surface area contributed by atoms with Crippen molar-refractivity contribution in [3.05, 3.63) is 48.0 Å². The SMILES string of the molecule is CCN(CC)c1ccc(C(=O)NC(C)c2ncc[nH]2)cc1. The summed E-state index contributed by atoms with van der Waals surface area (Å²) in [6.07, 6.45) is 3.42. The molecule has 112 valence electrons. The highest BCUT2D eigenvalue weighted by Crippen LogP contribution is 2.15. The van der Waals surface area contributed by atoms with Gasteiger partial charge in [-0.25, -0.2) is 4.98 Å². The zero-order valence-corrected chi connectivity index (χ0v) is 12.8. The molecule has 5 nitrogen and oxygen atoms in total. The van der Waals surface area contributed by atoms with E-state index in [1.807, 2.05) is 31.2 Å². The maximum absolute atomic E-state index is 12.2. The number of imidazole rings is 1. The summed E-state index contributed by atoms with van der Waals surface area (Å²) in [7, 11) is 0. The van der Waals surface area contributed by atoms with Crippen LogP contribution in [0.1, 0.15) is 43.0 Å². The number of benzene rings is 1. The summed E-state index contributed by atoms with van der Waals surface area (Å²) in [4.78, 5) is 21.6. The Morgan fingerprint density at radius 1 is 1.29 bits per heavy atom. The van der Waals surface area contributed by atoms with Gasteiger partial charge < -0.3 is 15.2 Å². The molecule has 0 saturated carbocycles. The number of anilines is 1. The van der Waals surface area contributed by atoms with Crippen LogP contribution in [0.15, 0.2) is 36.7 Å². The molecule has 0 bridgehead atoms. The Morgan fingerprint density at radius 2 is 1.95 bits per heavy atom. The second kappa shape index (κ2) is 6.92. The molecule has 0 spiro atoms. The van der Waals surface area contributed by atoms with Gasteiger partial charge >= 0.3 is 0 Å². The van der Waals surface area contributed by atoms with E-state index in [2.05, 4.69) is 34.0 Å². The standard InChI is InChI=1S/C16H22N4O/c1-4-20(5-2)14-8-6-13(7-9-14)16(21)19-12(3)15-17-10-11-18-15/h6-12H,4-5H2,1-3H3,(H,17,18)(H,19,21). The summed E-state index contributed by atoms with van der Waals surface area (Å²) in [5, 5.41) is 2.93. The number of rotatable bonds is 6. The Bertz CT molecular complexity index is 558. The molecule has 0 saturated heterocycles. The van der Waals surface area contributed by atoms with E-state index in [-0.39, 0.29) is 11.9 Å². The minimum absolute atomic E-state index is 0.0926. The third-order valence-corrected chi connectivity index (χ3v) is 3.54. The summed E-state index contributed by atoms with van der Waals surface area (Å²) in [6, 6.07) is 7.55. The fourth-order valence-corrected chi connectivity index (χ4v) is 2.28. The number of carbonyl (C=O) groups excluding carboxylic acids is 1. The fraction of sp³-hybridized carbons (Fsp3) is 0.375. The Hall–Kier alpha value is -2.30. The Morgan fingerprint density at radius 3 is 2.48 bits per heavy atom. The van der Waals surface area contributed by atoms with Gasteiger partial charge in [0.2, 0.25) is 0 Å². The average Bonchev–Trinajstić information content (AvgIpc) is 3.03. The quantitative estimate of drug-likeness (QED) is 0.858. The lowest BCUT2D eigenvalue weighted by Gasteiger charge is -2.21. The van der Waals surface area contributed by atoms with E-state index < -0.39 is 0 Å². The van der Waals surface area contributed by atoms with Crippen molar-refractivity contribution in [3.63, 3.8) is 0 Å². The second-order valence-electron chi connectivity index (χ2n) is 4.89. The number of hydrogen-bond donors (Lipinski definition) is 2. The lowest BCUT2D eigenvalue weighted by atomic mass is 10.1. The van der Waals surface area contributed by atoms with E-state index in [4.69, 9.17) is 0 Å². The predicted octanol–water partition coefficient (Wildman–Crippen LogP) is 2.75. The van der Waals surface area contributed by atoms with Crippen molar-refractivity contribution in [2.75, 3.05) is 18.0 Å². The molecule has 0 aliphatic rings. The van der Waals surface area contributed by atoms with Crippen molar-refractivity contribution in [1.82, 2.24) is 15.3 Å². The maximum atomic E-state index is 12.2. The Labute approximate surface area is 125 Å². The number of H-pyrrole nitrogens is 1. The fourth-order valence-electron chi connectivity index (χ4n) is 2.28. The normalized spacial score (nSPS) is 12.0. The van der Waals surface area contributed by atoms with Gasteiger partial charge in [0.15, 0.2) is 0 Å². The summed E-state index contributed by atoms with van der Waals surface area (Å²) in [5.74, 6) is 0.660. The monoisotopic (exact) mass is 286 g/mol. The minimum Gasteiger partial charge on any atom is -0.372 e. The molecule has 1 unspecified atom stereocenters. The summed E-state index contributed by atoms with van der Waals surface area (Å²) < 4.78 is 0. The molecule has 5 heteroatoms. The van der Waals surface area contributed by atoms with Gasteiger partial charge in [-0.2, -0.15) is 0 Å². The van der Waals surface area contributed by atoms with Crippen molar-refractivity contribution in [2.45, 2.75) is 26.8 Å². The zero-order valence-electron chi connectivity index (χ0n) is 12.8. The van der Waals surface area contributed by atoms with Crippen LogP contribution < -0.4 is 10.2 Å². The van der Waals surface area contributed by atoms with Gasteiger partial charge in [-0.1, -0.05) is 0 Å². The first-order valence-corrected chi connectivity index (χ1v) is 7.30. The first-order chi connectivity index (χ1) is 10.2. The molecule has 0 aliphatic heterocycles. The largest absolute Gasteiger partial charge is 0.372 e. The summed E-state index contributed by atoms with van der Waals surface area (Å²) in [6.45, 7) is 8.06. The van der Waals surface area contributed by atoms with Crippen LogP contribution in [0.3, 0.4) is 0 Å². The van der Waals surface area contributed by atoms with Crippen LogP contribution in [0.5, 0.6) is 0 Å². The van der Waals surface area contributed by atoms with Crippen molar-refractivity contribution in [3.8, 4) is 0 Å². The molecule has 1 atom stereocenters. The number of carbonyl (C=O) groups is 1. The van der Waals surface area contributed by atoms with Gasteiger partial charge in [0.1, 0.15) is 5.82 Å². The van der Waals surface area contributed by atoms with Crippen molar-refractivity contribution in [2.24, 2.45) is 0 Å². The van der Waals surface area contributed by atoms with Crippen molar-refractivity contribution >= 4 is 11.6 Å². The molecule has 2 N–H and O–H groups in total. The van der Waals surface area contributed by atoms with Gasteiger partial charge in [0.25, 0.3) is 5.91 Å². The topological polar surface area (TPSA) is 61.0 Å².